The number of rotatable bonds is 4. The van der Waals surface area contributed by atoms with Gasteiger partial charge in [-0.3, -0.25) is 0 Å². The Kier molecular flexibility index (Phi) is 3.14. The van der Waals surface area contributed by atoms with E-state index in [4.69, 9.17) is 0 Å². The Morgan fingerprint density at radius 3 is 2.93 bits per heavy atom. The van der Waals surface area contributed by atoms with E-state index < -0.39 is 0 Å². The van der Waals surface area contributed by atoms with Crippen LogP contribution in [0.25, 0.3) is 10.2 Å². The number of unbranched alkanes of at least 4 members (excludes halogenated alkanes) is 2. The van der Waals surface area contributed by atoms with Crippen LogP contribution < -0.4 is 4.57 Å². The zero-order valence-corrected chi connectivity index (χ0v) is 9.39. The minimum atomic E-state index is 1.16. The van der Waals surface area contributed by atoms with Crippen molar-refractivity contribution in [2.75, 3.05) is 0 Å². The number of fused-ring (bicyclic) bond motifs is 1. The number of hydrogen-bond acceptors (Lipinski definition) is 1. The topological polar surface area (TPSA) is 3.88 Å². The van der Waals surface area contributed by atoms with Crippen molar-refractivity contribution in [3.8, 4) is 0 Å². The number of nitrogens with zero attached hydrogens (tertiary/aromatic N) is 1. The standard InChI is InChI=1S/C12H16NS/c1-2-3-6-9-13-10-14-12-8-5-4-7-11(12)13/h4-5,7-8,10H,2-3,6,9H2,1H3/q+1. The van der Waals surface area contributed by atoms with Crippen molar-refractivity contribution in [1.29, 1.82) is 0 Å². The summed E-state index contributed by atoms with van der Waals surface area (Å²) in [5.74, 6) is 0. The van der Waals surface area contributed by atoms with E-state index in [1.807, 2.05) is 11.3 Å². The lowest BCUT2D eigenvalue weighted by molar-refractivity contribution is -0.667. The van der Waals surface area contributed by atoms with E-state index in [2.05, 4.69) is 41.3 Å². The molecular weight excluding hydrogens is 190 g/mol. The Morgan fingerprint density at radius 1 is 1.21 bits per heavy atom. The Hall–Kier alpha value is -0.890. The Balaban J connectivity index is 2.17. The maximum Gasteiger partial charge on any atom is 0.225 e. The molecule has 0 bridgehead atoms. The summed E-state index contributed by atoms with van der Waals surface area (Å²) >= 11 is 1.83. The van der Waals surface area contributed by atoms with Crippen molar-refractivity contribution in [2.24, 2.45) is 0 Å². The number of thiazole rings is 1. The minimum Gasteiger partial charge on any atom is -0.188 e. The third kappa shape index (κ3) is 1.95. The SMILES string of the molecule is CCCCC[n+]1csc2ccccc21. The average molecular weight is 206 g/mol. The highest BCUT2D eigenvalue weighted by Crippen LogP contribution is 2.15. The van der Waals surface area contributed by atoms with Crippen LogP contribution in [0, 0.1) is 0 Å². The van der Waals surface area contributed by atoms with Crippen LogP contribution >= 0.6 is 11.3 Å². The van der Waals surface area contributed by atoms with Gasteiger partial charge in [-0.1, -0.05) is 36.8 Å². The Bertz CT molecular complexity index is 405. The lowest BCUT2D eigenvalue weighted by Gasteiger charge is -1.93. The second-order valence-electron chi connectivity index (χ2n) is 3.59. The zero-order valence-electron chi connectivity index (χ0n) is 8.57. The average Bonchev–Trinajstić information content (AvgIpc) is 2.63. The normalized spacial score (nSPS) is 10.9. The summed E-state index contributed by atoms with van der Waals surface area (Å²) in [7, 11) is 0. The number of benzene rings is 1. The van der Waals surface area contributed by atoms with Gasteiger partial charge < -0.3 is 0 Å². The predicted octanol–water partition coefficient (Wildman–Crippen LogP) is 3.38. The first kappa shape index (κ1) is 9.66. The second-order valence-corrected chi connectivity index (χ2v) is 4.48. The molecule has 1 nitrogen and oxygen atoms in total. The van der Waals surface area contributed by atoms with Crippen LogP contribution in [-0.4, -0.2) is 0 Å². The molecule has 0 fully saturated rings. The van der Waals surface area contributed by atoms with Crippen LogP contribution in [-0.2, 0) is 6.54 Å². The van der Waals surface area contributed by atoms with Gasteiger partial charge in [-0.15, -0.1) is 0 Å². The quantitative estimate of drug-likeness (QED) is 0.533. The molecule has 0 N–H and O–H groups in total. The van der Waals surface area contributed by atoms with Gasteiger partial charge in [0.15, 0.2) is 0 Å². The molecule has 0 amide bonds. The molecular formula is C12H16NS+. The smallest absolute Gasteiger partial charge is 0.188 e. The van der Waals surface area contributed by atoms with E-state index in [1.54, 1.807) is 0 Å². The lowest BCUT2D eigenvalue weighted by atomic mass is 10.2. The van der Waals surface area contributed by atoms with Crippen LogP contribution in [0.5, 0.6) is 0 Å². The maximum atomic E-state index is 2.37. The summed E-state index contributed by atoms with van der Waals surface area (Å²) in [6, 6.07) is 8.62. The van der Waals surface area contributed by atoms with E-state index in [-0.39, 0.29) is 0 Å². The first-order chi connectivity index (χ1) is 6.92. The van der Waals surface area contributed by atoms with Crippen molar-refractivity contribution in [1.82, 2.24) is 0 Å². The summed E-state index contributed by atoms with van der Waals surface area (Å²) < 4.78 is 3.76. The van der Waals surface area contributed by atoms with E-state index in [9.17, 15) is 0 Å². The summed E-state index contributed by atoms with van der Waals surface area (Å²) in [5.41, 5.74) is 3.62. The zero-order chi connectivity index (χ0) is 9.80. The van der Waals surface area contributed by atoms with E-state index in [0.29, 0.717) is 0 Å². The highest BCUT2D eigenvalue weighted by Gasteiger charge is 2.09. The monoisotopic (exact) mass is 206 g/mol. The molecule has 0 saturated carbocycles. The van der Waals surface area contributed by atoms with Crippen molar-refractivity contribution < 1.29 is 4.57 Å². The van der Waals surface area contributed by atoms with Crippen LogP contribution in [0.2, 0.25) is 0 Å². The molecule has 1 aromatic carbocycles. The molecule has 0 aliphatic rings. The van der Waals surface area contributed by atoms with Crippen LogP contribution in [0.15, 0.2) is 29.8 Å². The van der Waals surface area contributed by atoms with Gasteiger partial charge in [0, 0.05) is 12.5 Å². The van der Waals surface area contributed by atoms with Gasteiger partial charge in [-0.05, 0) is 12.5 Å². The number of aryl methyl sites for hydroxylation is 1. The molecule has 1 aromatic heterocycles. The van der Waals surface area contributed by atoms with Gasteiger partial charge >= 0.3 is 0 Å². The second kappa shape index (κ2) is 4.56. The van der Waals surface area contributed by atoms with Crippen molar-refractivity contribution in [2.45, 2.75) is 32.7 Å². The van der Waals surface area contributed by atoms with Crippen molar-refractivity contribution in [3.63, 3.8) is 0 Å². The molecule has 2 rings (SSSR count). The van der Waals surface area contributed by atoms with E-state index in [1.165, 1.54) is 29.5 Å². The molecule has 74 valence electrons. The largest absolute Gasteiger partial charge is 0.225 e. The molecule has 0 radical (unpaired) electrons. The number of para-hydroxylation sites is 1. The van der Waals surface area contributed by atoms with Gasteiger partial charge in [0.1, 0.15) is 11.2 Å². The minimum absolute atomic E-state index is 1.16. The first-order valence-corrected chi connectivity index (χ1v) is 6.15. The first-order valence-electron chi connectivity index (χ1n) is 5.27. The summed E-state index contributed by atoms with van der Waals surface area (Å²) in [6.07, 6.45) is 3.92. The Morgan fingerprint density at radius 2 is 2.07 bits per heavy atom. The van der Waals surface area contributed by atoms with E-state index >= 15 is 0 Å². The molecule has 14 heavy (non-hydrogen) atoms. The number of hydrogen-bond donors (Lipinski definition) is 0. The fourth-order valence-electron chi connectivity index (χ4n) is 1.68. The van der Waals surface area contributed by atoms with Gasteiger partial charge in [-0.2, -0.15) is 4.57 Å². The molecule has 1 heterocycles. The number of aromatic nitrogens is 1. The van der Waals surface area contributed by atoms with Gasteiger partial charge in [0.05, 0.1) is 0 Å². The van der Waals surface area contributed by atoms with Gasteiger partial charge in [-0.25, -0.2) is 0 Å². The van der Waals surface area contributed by atoms with Crippen LogP contribution in [0.4, 0.5) is 0 Å². The molecule has 0 aliphatic heterocycles. The molecule has 0 spiro atoms. The summed E-state index contributed by atoms with van der Waals surface area (Å²) in [4.78, 5) is 0. The third-order valence-electron chi connectivity index (χ3n) is 2.48. The fraction of sp³-hybridized carbons (Fsp3) is 0.417. The molecule has 0 unspecified atom stereocenters. The van der Waals surface area contributed by atoms with Crippen molar-refractivity contribution >= 4 is 21.6 Å². The summed E-state index contributed by atoms with van der Waals surface area (Å²) in [6.45, 7) is 3.41. The predicted molar refractivity (Wildman–Crippen MR) is 61.5 cm³/mol. The molecule has 2 heteroatoms. The maximum absolute atomic E-state index is 2.37. The molecule has 0 saturated heterocycles. The third-order valence-corrected chi connectivity index (χ3v) is 3.44. The molecule has 0 atom stereocenters. The molecule has 0 aliphatic carbocycles. The van der Waals surface area contributed by atoms with E-state index in [0.717, 1.165) is 6.54 Å². The Labute approximate surface area is 89.0 Å². The molecule has 2 aromatic rings. The lowest BCUT2D eigenvalue weighted by Crippen LogP contribution is -2.31. The van der Waals surface area contributed by atoms with Gasteiger partial charge in [0.2, 0.25) is 11.0 Å². The highest BCUT2D eigenvalue weighted by molar-refractivity contribution is 7.16. The highest BCUT2D eigenvalue weighted by atomic mass is 32.1. The fourth-order valence-corrected chi connectivity index (χ4v) is 2.60. The van der Waals surface area contributed by atoms with Crippen molar-refractivity contribution in [3.05, 3.63) is 29.8 Å². The van der Waals surface area contributed by atoms with Gasteiger partial charge in [0.25, 0.3) is 0 Å². The summed E-state index contributed by atoms with van der Waals surface area (Å²) in [5, 5.41) is 0. The van der Waals surface area contributed by atoms with Crippen LogP contribution in [0.3, 0.4) is 0 Å². The van der Waals surface area contributed by atoms with Crippen LogP contribution in [0.1, 0.15) is 26.2 Å².